The Balaban J connectivity index is 0.000001000. The van der Waals surface area contributed by atoms with Gasteiger partial charge >= 0.3 is 0 Å². The molecule has 0 unspecified atom stereocenters. The summed E-state index contributed by atoms with van der Waals surface area (Å²) in [5.41, 5.74) is 3.79. The van der Waals surface area contributed by atoms with Gasteiger partial charge in [-0.2, -0.15) is 0 Å². The van der Waals surface area contributed by atoms with E-state index in [9.17, 15) is 9.59 Å². The molecule has 0 heterocycles. The van der Waals surface area contributed by atoms with Crippen LogP contribution in [0.3, 0.4) is 0 Å². The van der Waals surface area contributed by atoms with Crippen LogP contribution in [0.4, 0.5) is 0 Å². The van der Waals surface area contributed by atoms with Crippen LogP contribution in [0.25, 0.3) is 0 Å². The van der Waals surface area contributed by atoms with Crippen LogP contribution in [0, 0.1) is 0 Å². The number of halogens is 2. The lowest BCUT2D eigenvalue weighted by Crippen LogP contribution is -2.19. The summed E-state index contributed by atoms with van der Waals surface area (Å²) < 4.78 is 0. The zero-order valence-electron chi connectivity index (χ0n) is 10.6. The van der Waals surface area contributed by atoms with Crippen LogP contribution >= 0.6 is 48.0 Å². The molecule has 0 amide bonds. The maximum atomic E-state index is 11.4. The van der Waals surface area contributed by atoms with Gasteiger partial charge in [0.05, 0.1) is 11.8 Å². The van der Waals surface area contributed by atoms with Crippen LogP contribution in [0.2, 0.25) is 0 Å². The lowest BCUT2D eigenvalue weighted by molar-refractivity contribution is -0.109. The summed E-state index contributed by atoms with van der Waals surface area (Å²) in [6, 6.07) is 15.4. The highest BCUT2D eigenvalue weighted by molar-refractivity contribution is 14.0. The highest BCUT2D eigenvalue weighted by Crippen LogP contribution is 2.41. The SMILES string of the molecule is I.I.O=CC1c2ccccc2C(C=O)c2ccccc21. The van der Waals surface area contributed by atoms with Crippen molar-refractivity contribution in [3.8, 4) is 0 Å². The Kier molecular flexibility index (Phi) is 6.32. The van der Waals surface area contributed by atoms with Crippen LogP contribution in [-0.2, 0) is 9.59 Å². The number of aldehydes is 2. The number of hydrogen-bond donors (Lipinski definition) is 0. The van der Waals surface area contributed by atoms with Crippen molar-refractivity contribution in [1.29, 1.82) is 0 Å². The summed E-state index contributed by atoms with van der Waals surface area (Å²) in [6.45, 7) is 0. The van der Waals surface area contributed by atoms with E-state index in [-0.39, 0.29) is 59.8 Å². The van der Waals surface area contributed by atoms with E-state index in [1.54, 1.807) is 0 Å². The number of fused-ring (bicyclic) bond motifs is 2. The largest absolute Gasteiger partial charge is 0.302 e. The Hall–Kier alpha value is -0.760. The van der Waals surface area contributed by atoms with E-state index in [0.29, 0.717) is 0 Å². The molecule has 1 aliphatic carbocycles. The maximum Gasteiger partial charge on any atom is 0.131 e. The predicted molar refractivity (Wildman–Crippen MR) is 99.5 cm³/mol. The molecule has 0 fully saturated rings. The van der Waals surface area contributed by atoms with Crippen LogP contribution in [-0.4, -0.2) is 12.6 Å². The topological polar surface area (TPSA) is 34.1 Å². The molecular formula is C16H14I2O2. The van der Waals surface area contributed by atoms with Gasteiger partial charge in [-0.3, -0.25) is 0 Å². The molecule has 0 atom stereocenters. The van der Waals surface area contributed by atoms with Gasteiger partial charge in [-0.25, -0.2) is 0 Å². The molecule has 0 radical (unpaired) electrons. The van der Waals surface area contributed by atoms with E-state index in [4.69, 9.17) is 0 Å². The van der Waals surface area contributed by atoms with Gasteiger partial charge in [-0.15, -0.1) is 48.0 Å². The van der Waals surface area contributed by atoms with Crippen molar-refractivity contribution in [2.45, 2.75) is 11.8 Å². The highest BCUT2D eigenvalue weighted by atomic mass is 127. The van der Waals surface area contributed by atoms with Gasteiger partial charge in [0.25, 0.3) is 0 Å². The molecular weight excluding hydrogens is 478 g/mol. The predicted octanol–water partition coefficient (Wildman–Crippen LogP) is 3.90. The van der Waals surface area contributed by atoms with Gasteiger partial charge in [0.2, 0.25) is 0 Å². The summed E-state index contributed by atoms with van der Waals surface area (Å²) in [6.07, 6.45) is 1.91. The molecule has 4 heteroatoms. The van der Waals surface area contributed by atoms with E-state index in [1.807, 2.05) is 48.5 Å². The number of carbonyl (C=O) groups is 2. The molecule has 0 saturated carbocycles. The third-order valence-electron chi connectivity index (χ3n) is 3.60. The van der Waals surface area contributed by atoms with E-state index in [1.165, 1.54) is 0 Å². The fourth-order valence-electron chi connectivity index (χ4n) is 2.78. The first-order valence-corrected chi connectivity index (χ1v) is 5.95. The monoisotopic (exact) mass is 492 g/mol. The van der Waals surface area contributed by atoms with E-state index in [2.05, 4.69) is 0 Å². The number of rotatable bonds is 2. The lowest BCUT2D eigenvalue weighted by atomic mass is 9.73. The second-order valence-electron chi connectivity index (χ2n) is 4.49. The first-order valence-electron chi connectivity index (χ1n) is 5.95. The summed E-state index contributed by atoms with van der Waals surface area (Å²) in [4.78, 5) is 22.8. The third kappa shape index (κ3) is 2.67. The second-order valence-corrected chi connectivity index (χ2v) is 4.49. The van der Waals surface area contributed by atoms with Crippen LogP contribution in [0.1, 0.15) is 34.1 Å². The zero-order chi connectivity index (χ0) is 12.5. The summed E-state index contributed by atoms with van der Waals surface area (Å²) in [7, 11) is 0. The standard InChI is InChI=1S/C16H12O2.2HI/c17-9-15-11-5-1-2-6-12(11)16(10-18)14-8-4-3-7-13(14)15;;/h1-10,15-16H;2*1H. The van der Waals surface area contributed by atoms with Gasteiger partial charge < -0.3 is 9.59 Å². The Morgan fingerprint density at radius 3 is 1.05 bits per heavy atom. The Bertz CT molecular complexity index is 524. The molecule has 0 aromatic heterocycles. The lowest BCUT2D eigenvalue weighted by Gasteiger charge is -2.28. The minimum absolute atomic E-state index is 0. The van der Waals surface area contributed by atoms with Gasteiger partial charge in [-0.1, -0.05) is 48.5 Å². The first-order chi connectivity index (χ1) is 8.86. The van der Waals surface area contributed by atoms with E-state index in [0.717, 1.165) is 34.8 Å². The van der Waals surface area contributed by atoms with E-state index >= 15 is 0 Å². The van der Waals surface area contributed by atoms with Crippen molar-refractivity contribution < 1.29 is 9.59 Å². The van der Waals surface area contributed by atoms with Gasteiger partial charge in [0.15, 0.2) is 0 Å². The summed E-state index contributed by atoms with van der Waals surface area (Å²) in [5.74, 6) is -0.512. The minimum Gasteiger partial charge on any atom is -0.302 e. The van der Waals surface area contributed by atoms with Crippen LogP contribution in [0.15, 0.2) is 48.5 Å². The fraction of sp³-hybridized carbons (Fsp3) is 0.125. The summed E-state index contributed by atoms with van der Waals surface area (Å²) >= 11 is 0. The number of benzene rings is 2. The number of carbonyl (C=O) groups excluding carboxylic acids is 2. The molecule has 2 aromatic carbocycles. The average Bonchev–Trinajstić information content (AvgIpc) is 2.44. The Labute approximate surface area is 152 Å². The molecule has 1 aliphatic rings. The first kappa shape index (κ1) is 17.3. The van der Waals surface area contributed by atoms with Crippen molar-refractivity contribution in [2.24, 2.45) is 0 Å². The van der Waals surface area contributed by atoms with Gasteiger partial charge in [0, 0.05) is 0 Å². The quantitative estimate of drug-likeness (QED) is 0.471. The van der Waals surface area contributed by atoms with Crippen molar-refractivity contribution in [1.82, 2.24) is 0 Å². The molecule has 0 spiro atoms. The van der Waals surface area contributed by atoms with Gasteiger partial charge in [-0.05, 0) is 22.3 Å². The van der Waals surface area contributed by atoms with Crippen molar-refractivity contribution >= 4 is 60.5 Å². The smallest absolute Gasteiger partial charge is 0.131 e. The zero-order valence-corrected chi connectivity index (χ0v) is 15.2. The molecule has 104 valence electrons. The fourth-order valence-corrected chi connectivity index (χ4v) is 2.78. The molecule has 2 aromatic rings. The van der Waals surface area contributed by atoms with Crippen LogP contribution in [0.5, 0.6) is 0 Å². The summed E-state index contributed by atoms with van der Waals surface area (Å²) in [5, 5.41) is 0. The number of hydrogen-bond acceptors (Lipinski definition) is 2. The van der Waals surface area contributed by atoms with Gasteiger partial charge in [0.1, 0.15) is 12.6 Å². The third-order valence-corrected chi connectivity index (χ3v) is 3.60. The minimum atomic E-state index is -0.256. The average molecular weight is 492 g/mol. The normalized spacial score (nSPS) is 18.6. The van der Waals surface area contributed by atoms with Crippen molar-refractivity contribution in [3.63, 3.8) is 0 Å². The molecule has 0 bridgehead atoms. The van der Waals surface area contributed by atoms with Crippen LogP contribution < -0.4 is 0 Å². The highest BCUT2D eigenvalue weighted by Gasteiger charge is 2.30. The van der Waals surface area contributed by atoms with Crippen molar-refractivity contribution in [2.75, 3.05) is 0 Å². The molecule has 2 nitrogen and oxygen atoms in total. The molecule has 0 saturated heterocycles. The molecule has 20 heavy (non-hydrogen) atoms. The molecule has 0 aliphatic heterocycles. The van der Waals surface area contributed by atoms with E-state index < -0.39 is 0 Å². The second kappa shape index (κ2) is 7.31. The molecule has 0 N–H and O–H groups in total. The Morgan fingerprint density at radius 1 is 0.600 bits per heavy atom. The molecule has 3 rings (SSSR count). The maximum absolute atomic E-state index is 11.4. The Morgan fingerprint density at radius 2 is 0.850 bits per heavy atom. The van der Waals surface area contributed by atoms with Crippen molar-refractivity contribution in [3.05, 3.63) is 70.8 Å².